The minimum Gasteiger partial charge on any atom is -0.497 e. The van der Waals surface area contributed by atoms with Gasteiger partial charge in [0.15, 0.2) is 5.66 Å². The quantitative estimate of drug-likeness (QED) is 0.441. The van der Waals surface area contributed by atoms with Crippen molar-refractivity contribution in [3.63, 3.8) is 0 Å². The number of carbonyl (C=O) groups is 1. The summed E-state index contributed by atoms with van der Waals surface area (Å²) in [5, 5.41) is 3.80. The van der Waals surface area contributed by atoms with Crippen molar-refractivity contribution in [2.24, 2.45) is 9.98 Å². The second-order valence-corrected chi connectivity index (χ2v) is 9.68. The van der Waals surface area contributed by atoms with Crippen LogP contribution in [0.15, 0.2) is 58.5 Å². The number of thioether (sulfide) groups is 1. The second kappa shape index (κ2) is 11.6. The van der Waals surface area contributed by atoms with Gasteiger partial charge in [-0.3, -0.25) is 9.79 Å². The van der Waals surface area contributed by atoms with E-state index in [0.29, 0.717) is 5.75 Å². The number of unbranched alkanes of at least 4 members (excludes halogenated alkanes) is 1. The van der Waals surface area contributed by atoms with E-state index in [-0.39, 0.29) is 17.3 Å². The van der Waals surface area contributed by atoms with E-state index in [2.05, 4.69) is 12.2 Å². The Morgan fingerprint density at radius 3 is 2.59 bits per heavy atom. The fourth-order valence-corrected chi connectivity index (χ4v) is 5.10. The van der Waals surface area contributed by atoms with Crippen LogP contribution in [0.2, 0.25) is 0 Å². The summed E-state index contributed by atoms with van der Waals surface area (Å²) in [5.41, 5.74) is 2.26. The Hall–Kier alpha value is -2.80. The first-order chi connectivity index (χ1) is 16.6. The molecule has 4 rings (SSSR count). The number of methoxy groups -OCH3 is 1. The van der Waals surface area contributed by atoms with Crippen LogP contribution in [0.3, 0.4) is 0 Å². The largest absolute Gasteiger partial charge is 0.497 e. The predicted octanol–water partition coefficient (Wildman–Crippen LogP) is 6.11. The summed E-state index contributed by atoms with van der Waals surface area (Å²) in [7, 11) is 1.61. The van der Waals surface area contributed by atoms with Gasteiger partial charge in [0.25, 0.3) is 0 Å². The van der Waals surface area contributed by atoms with Crippen LogP contribution in [0, 0.1) is 0 Å². The summed E-state index contributed by atoms with van der Waals surface area (Å²) < 4.78 is 11.1. The third-order valence-electron chi connectivity index (χ3n) is 6.07. The lowest BCUT2D eigenvalue weighted by Crippen LogP contribution is -2.25. The number of ether oxygens (including phenoxy) is 2. The van der Waals surface area contributed by atoms with E-state index >= 15 is 0 Å². The second-order valence-electron chi connectivity index (χ2n) is 8.72. The van der Waals surface area contributed by atoms with E-state index in [9.17, 15) is 4.79 Å². The number of benzene rings is 2. The number of carbonyl (C=O) groups excluding carboxylic acids is 1. The smallest absolute Gasteiger partial charge is 0.234 e. The zero-order chi connectivity index (χ0) is 23.8. The molecular formula is C27H33N3O3S. The van der Waals surface area contributed by atoms with E-state index in [4.69, 9.17) is 19.5 Å². The van der Waals surface area contributed by atoms with Crippen molar-refractivity contribution >= 4 is 34.1 Å². The SMILES string of the molecule is CCCCOc1ccc(C2=NC3(CCCCC3)N=C2SCC(=O)Nc2cccc(OC)c2)cc1. The molecule has 1 saturated carbocycles. The minimum atomic E-state index is -0.366. The van der Waals surface area contributed by atoms with Gasteiger partial charge in [-0.2, -0.15) is 0 Å². The van der Waals surface area contributed by atoms with Crippen LogP contribution in [0.4, 0.5) is 5.69 Å². The molecule has 1 N–H and O–H groups in total. The van der Waals surface area contributed by atoms with Crippen LogP contribution >= 0.6 is 11.8 Å². The number of amides is 1. The van der Waals surface area contributed by atoms with Gasteiger partial charge >= 0.3 is 0 Å². The molecule has 0 atom stereocenters. The highest BCUT2D eigenvalue weighted by Gasteiger charge is 2.37. The average Bonchev–Trinajstić information content (AvgIpc) is 3.21. The summed E-state index contributed by atoms with van der Waals surface area (Å²) in [6.07, 6.45) is 7.60. The van der Waals surface area contributed by atoms with E-state index in [1.165, 1.54) is 18.2 Å². The van der Waals surface area contributed by atoms with Gasteiger partial charge in [-0.05, 0) is 68.5 Å². The summed E-state index contributed by atoms with van der Waals surface area (Å²) in [6.45, 7) is 2.88. The normalized spacial score (nSPS) is 16.6. The fourth-order valence-electron chi connectivity index (χ4n) is 4.23. The van der Waals surface area contributed by atoms with Gasteiger partial charge in [0.1, 0.15) is 16.5 Å². The first kappa shape index (κ1) is 24.3. The van der Waals surface area contributed by atoms with Crippen LogP contribution in [-0.2, 0) is 4.79 Å². The Labute approximate surface area is 206 Å². The summed E-state index contributed by atoms with van der Waals surface area (Å²) in [5.74, 6) is 1.77. The first-order valence-corrected chi connectivity index (χ1v) is 13.1. The highest BCUT2D eigenvalue weighted by atomic mass is 32.2. The number of anilines is 1. The van der Waals surface area contributed by atoms with Crippen molar-refractivity contribution in [1.29, 1.82) is 0 Å². The molecule has 0 aromatic heterocycles. The van der Waals surface area contributed by atoms with Crippen molar-refractivity contribution in [3.8, 4) is 11.5 Å². The maximum atomic E-state index is 12.7. The van der Waals surface area contributed by atoms with Crippen LogP contribution < -0.4 is 14.8 Å². The van der Waals surface area contributed by atoms with Gasteiger partial charge in [-0.25, -0.2) is 4.99 Å². The van der Waals surface area contributed by atoms with Gasteiger partial charge in [-0.1, -0.05) is 37.6 Å². The summed E-state index contributed by atoms with van der Waals surface area (Å²) in [6, 6.07) is 15.5. The molecule has 1 amide bonds. The molecule has 1 aliphatic heterocycles. The van der Waals surface area contributed by atoms with Crippen molar-refractivity contribution in [2.45, 2.75) is 57.5 Å². The van der Waals surface area contributed by atoms with Crippen molar-refractivity contribution in [3.05, 3.63) is 54.1 Å². The minimum absolute atomic E-state index is 0.0791. The Kier molecular flexibility index (Phi) is 8.27. The third kappa shape index (κ3) is 6.20. The van der Waals surface area contributed by atoms with Crippen LogP contribution in [0.5, 0.6) is 11.5 Å². The number of rotatable bonds is 9. The van der Waals surface area contributed by atoms with Crippen LogP contribution in [0.1, 0.15) is 57.4 Å². The standard InChI is InChI=1S/C27H33N3O3S/c1-3-4-17-33-22-13-11-20(12-14-22)25-26(30-27(29-25)15-6-5-7-16-27)34-19-24(31)28-21-9-8-10-23(18-21)32-2/h8-14,18H,3-7,15-17,19H2,1-2H3,(H,28,31). The molecule has 7 heteroatoms. The molecule has 1 aliphatic carbocycles. The van der Waals surface area contributed by atoms with E-state index in [0.717, 1.165) is 72.9 Å². The number of hydrogen-bond donors (Lipinski definition) is 1. The molecule has 2 aromatic carbocycles. The van der Waals surface area contributed by atoms with Crippen molar-refractivity contribution in [2.75, 3.05) is 24.8 Å². The lowest BCUT2D eigenvalue weighted by Gasteiger charge is -2.27. The molecule has 0 saturated heterocycles. The van der Waals surface area contributed by atoms with E-state index < -0.39 is 0 Å². The number of hydrogen-bond acceptors (Lipinski definition) is 6. The molecule has 0 unspecified atom stereocenters. The van der Waals surface area contributed by atoms with Crippen LogP contribution in [-0.4, -0.2) is 41.8 Å². The summed E-state index contributed by atoms with van der Waals surface area (Å²) >= 11 is 1.46. The van der Waals surface area contributed by atoms with Gasteiger partial charge in [0.2, 0.25) is 5.91 Å². The third-order valence-corrected chi connectivity index (χ3v) is 7.04. The van der Waals surface area contributed by atoms with Crippen molar-refractivity contribution < 1.29 is 14.3 Å². The summed E-state index contributed by atoms with van der Waals surface area (Å²) in [4.78, 5) is 22.9. The lowest BCUT2D eigenvalue weighted by molar-refractivity contribution is -0.113. The predicted molar refractivity (Wildman–Crippen MR) is 141 cm³/mol. The van der Waals surface area contributed by atoms with Gasteiger partial charge in [-0.15, -0.1) is 0 Å². The van der Waals surface area contributed by atoms with Crippen LogP contribution in [0.25, 0.3) is 0 Å². The molecule has 2 aromatic rings. The zero-order valence-electron chi connectivity index (χ0n) is 20.0. The van der Waals surface area contributed by atoms with Crippen molar-refractivity contribution in [1.82, 2.24) is 0 Å². The Balaban J connectivity index is 1.46. The lowest BCUT2D eigenvalue weighted by atomic mass is 9.90. The number of nitrogens with zero attached hydrogens (tertiary/aromatic N) is 2. The maximum Gasteiger partial charge on any atom is 0.234 e. The molecule has 1 heterocycles. The van der Waals surface area contributed by atoms with E-state index in [1.807, 2.05) is 48.5 Å². The monoisotopic (exact) mass is 479 g/mol. The molecular weight excluding hydrogens is 446 g/mol. The molecule has 2 aliphatic rings. The van der Waals surface area contributed by atoms with Gasteiger partial charge in [0.05, 0.1) is 25.2 Å². The zero-order valence-corrected chi connectivity index (χ0v) is 20.8. The molecule has 1 spiro atoms. The Morgan fingerprint density at radius 2 is 1.85 bits per heavy atom. The Morgan fingerprint density at radius 1 is 1.06 bits per heavy atom. The van der Waals surface area contributed by atoms with Gasteiger partial charge in [0, 0.05) is 17.3 Å². The highest BCUT2D eigenvalue weighted by Crippen LogP contribution is 2.39. The molecule has 6 nitrogen and oxygen atoms in total. The molecule has 34 heavy (non-hydrogen) atoms. The molecule has 1 fully saturated rings. The number of aliphatic imine (C=N–C) groups is 2. The topological polar surface area (TPSA) is 72.3 Å². The number of nitrogens with one attached hydrogen (secondary N) is 1. The molecule has 180 valence electrons. The van der Waals surface area contributed by atoms with Gasteiger partial charge < -0.3 is 14.8 Å². The molecule has 0 bridgehead atoms. The molecule has 0 radical (unpaired) electrons. The first-order valence-electron chi connectivity index (χ1n) is 12.1. The highest BCUT2D eigenvalue weighted by molar-refractivity contribution is 8.16. The average molecular weight is 480 g/mol. The fraction of sp³-hybridized carbons (Fsp3) is 0.444. The Bertz CT molecular complexity index is 1040. The van der Waals surface area contributed by atoms with E-state index in [1.54, 1.807) is 7.11 Å². The maximum absolute atomic E-state index is 12.7.